The molecule has 1 aromatic heterocycles. The van der Waals surface area contributed by atoms with Crippen LogP contribution in [0.1, 0.15) is 11.5 Å². The number of halogens is 1. The van der Waals surface area contributed by atoms with Crippen LogP contribution in [0.25, 0.3) is 0 Å². The molecule has 0 bridgehead atoms. The number of hydrogen-bond acceptors (Lipinski definition) is 4. The summed E-state index contributed by atoms with van der Waals surface area (Å²) < 4.78 is 4.46. The average Bonchev–Trinajstić information content (AvgIpc) is 2.21. The predicted octanol–water partition coefficient (Wildman–Crippen LogP) is 1.19. The summed E-state index contributed by atoms with van der Waals surface area (Å²) in [7, 11) is 1.21. The molecule has 0 fully saturated rings. The van der Waals surface area contributed by atoms with Gasteiger partial charge in [-0.15, -0.1) is 0 Å². The van der Waals surface area contributed by atoms with Crippen molar-refractivity contribution in [1.29, 1.82) is 0 Å². The highest BCUT2D eigenvalue weighted by atomic mass is 35.5. The quantitative estimate of drug-likeness (QED) is 0.430. The number of pyridine rings is 1. The molecule has 0 saturated heterocycles. The summed E-state index contributed by atoms with van der Waals surface area (Å²) in [5.41, 5.74) is 0.357. The molecule has 5 heteroatoms. The van der Waals surface area contributed by atoms with E-state index in [1.54, 1.807) is 0 Å². The van der Waals surface area contributed by atoms with Gasteiger partial charge in [0.1, 0.15) is 12.2 Å². The smallest absolute Gasteiger partial charge is 0.320 e. The molecule has 0 aromatic carbocycles. The van der Waals surface area contributed by atoms with Crippen molar-refractivity contribution in [1.82, 2.24) is 4.98 Å². The normalized spacial score (nSPS) is 11.9. The van der Waals surface area contributed by atoms with Crippen molar-refractivity contribution < 1.29 is 14.3 Å². The largest absolute Gasteiger partial charge is 0.468 e. The first-order chi connectivity index (χ1) is 6.70. The summed E-state index contributed by atoms with van der Waals surface area (Å²) in [5.74, 6) is -1.64. The molecule has 0 aliphatic carbocycles. The summed E-state index contributed by atoms with van der Waals surface area (Å²) in [6.07, 6.45) is 3.33. The monoisotopic (exact) mass is 213 g/mol. The van der Waals surface area contributed by atoms with Crippen LogP contribution in [0.3, 0.4) is 0 Å². The highest BCUT2D eigenvalue weighted by Gasteiger charge is 2.22. The molecule has 14 heavy (non-hydrogen) atoms. The fourth-order valence-electron chi connectivity index (χ4n) is 1.00. The van der Waals surface area contributed by atoms with E-state index in [1.165, 1.54) is 25.6 Å². The van der Waals surface area contributed by atoms with Crippen molar-refractivity contribution in [2.45, 2.75) is 5.92 Å². The van der Waals surface area contributed by atoms with Gasteiger partial charge in [0.2, 0.25) is 0 Å². The van der Waals surface area contributed by atoms with E-state index in [4.69, 9.17) is 11.6 Å². The number of aromatic nitrogens is 1. The maximum atomic E-state index is 11.2. The van der Waals surface area contributed by atoms with E-state index in [9.17, 15) is 9.59 Å². The van der Waals surface area contributed by atoms with Gasteiger partial charge in [0, 0.05) is 23.0 Å². The van der Waals surface area contributed by atoms with Crippen LogP contribution >= 0.6 is 11.6 Å². The minimum absolute atomic E-state index is 0.322. The van der Waals surface area contributed by atoms with Crippen LogP contribution in [0, 0.1) is 0 Å². The fraction of sp³-hybridized carbons (Fsp3) is 0.222. The van der Waals surface area contributed by atoms with Crippen molar-refractivity contribution in [2.75, 3.05) is 7.11 Å². The van der Waals surface area contributed by atoms with Gasteiger partial charge in [-0.05, 0) is 6.07 Å². The van der Waals surface area contributed by atoms with Crippen LogP contribution in [-0.2, 0) is 14.3 Å². The standard InChI is InChI=1S/C9H8ClNO3/c1-14-9(13)7(5-12)6-4-11-3-2-8(6)10/h2-5,7H,1H3. The summed E-state index contributed by atoms with van der Waals surface area (Å²) in [6.45, 7) is 0. The molecular weight excluding hydrogens is 206 g/mol. The zero-order chi connectivity index (χ0) is 10.6. The van der Waals surface area contributed by atoms with Crippen molar-refractivity contribution in [3.63, 3.8) is 0 Å². The van der Waals surface area contributed by atoms with Crippen LogP contribution in [0.4, 0.5) is 0 Å². The lowest BCUT2D eigenvalue weighted by Crippen LogP contribution is -2.16. The first-order valence-corrected chi connectivity index (χ1v) is 4.21. The summed E-state index contributed by atoms with van der Waals surface area (Å²) in [4.78, 5) is 25.6. The van der Waals surface area contributed by atoms with Gasteiger partial charge in [0.25, 0.3) is 0 Å². The van der Waals surface area contributed by atoms with E-state index < -0.39 is 11.9 Å². The van der Waals surface area contributed by atoms with Gasteiger partial charge in [-0.25, -0.2) is 0 Å². The maximum Gasteiger partial charge on any atom is 0.320 e. The van der Waals surface area contributed by atoms with Gasteiger partial charge in [0.15, 0.2) is 0 Å². The Morgan fingerprint density at radius 1 is 1.71 bits per heavy atom. The topological polar surface area (TPSA) is 56.3 Å². The van der Waals surface area contributed by atoms with Crippen molar-refractivity contribution in [2.24, 2.45) is 0 Å². The SMILES string of the molecule is COC(=O)C(C=O)c1cnccc1Cl. The number of hydrogen-bond donors (Lipinski definition) is 0. The van der Waals surface area contributed by atoms with E-state index in [2.05, 4.69) is 9.72 Å². The van der Waals surface area contributed by atoms with E-state index in [0.29, 0.717) is 16.9 Å². The Morgan fingerprint density at radius 2 is 2.43 bits per heavy atom. The van der Waals surface area contributed by atoms with Gasteiger partial charge in [-0.3, -0.25) is 9.78 Å². The van der Waals surface area contributed by atoms with Crippen LogP contribution in [0.5, 0.6) is 0 Å². The van der Waals surface area contributed by atoms with Gasteiger partial charge in [-0.1, -0.05) is 11.6 Å². The third-order valence-corrected chi connectivity index (χ3v) is 2.07. The lowest BCUT2D eigenvalue weighted by atomic mass is 10.0. The molecule has 1 unspecified atom stereocenters. The molecule has 1 rings (SSSR count). The Morgan fingerprint density at radius 3 is 2.93 bits per heavy atom. The van der Waals surface area contributed by atoms with Gasteiger partial charge in [-0.2, -0.15) is 0 Å². The molecule has 0 aliphatic rings. The second-order valence-electron chi connectivity index (χ2n) is 2.53. The minimum atomic E-state index is -0.999. The van der Waals surface area contributed by atoms with Crippen molar-refractivity contribution in [3.8, 4) is 0 Å². The second kappa shape index (κ2) is 4.72. The minimum Gasteiger partial charge on any atom is -0.468 e. The number of aldehydes is 1. The number of esters is 1. The lowest BCUT2D eigenvalue weighted by molar-refractivity contribution is -0.143. The van der Waals surface area contributed by atoms with Crippen LogP contribution in [-0.4, -0.2) is 24.3 Å². The summed E-state index contributed by atoms with van der Waals surface area (Å²) >= 11 is 5.79. The van der Waals surface area contributed by atoms with Crippen LogP contribution in [0.2, 0.25) is 5.02 Å². The molecule has 0 spiro atoms. The number of carbonyl (C=O) groups excluding carboxylic acids is 2. The molecule has 74 valence electrons. The number of nitrogens with zero attached hydrogens (tertiary/aromatic N) is 1. The molecule has 1 atom stereocenters. The highest BCUT2D eigenvalue weighted by Crippen LogP contribution is 2.22. The highest BCUT2D eigenvalue weighted by molar-refractivity contribution is 6.31. The van der Waals surface area contributed by atoms with Crippen LogP contribution in [0.15, 0.2) is 18.5 Å². The van der Waals surface area contributed by atoms with Crippen LogP contribution < -0.4 is 0 Å². The Bertz CT molecular complexity index is 354. The molecule has 1 heterocycles. The number of methoxy groups -OCH3 is 1. The van der Waals surface area contributed by atoms with E-state index in [-0.39, 0.29) is 0 Å². The molecular formula is C9H8ClNO3. The molecule has 0 radical (unpaired) electrons. The third-order valence-electron chi connectivity index (χ3n) is 1.72. The van der Waals surface area contributed by atoms with E-state index in [1.807, 2.05) is 0 Å². The molecule has 0 aliphatic heterocycles. The lowest BCUT2D eigenvalue weighted by Gasteiger charge is -2.08. The van der Waals surface area contributed by atoms with Gasteiger partial charge >= 0.3 is 5.97 Å². The van der Waals surface area contributed by atoms with Gasteiger partial charge < -0.3 is 9.53 Å². The Kier molecular flexibility index (Phi) is 3.59. The molecule has 0 amide bonds. The van der Waals surface area contributed by atoms with Crippen molar-refractivity contribution in [3.05, 3.63) is 29.0 Å². The Labute approximate surface area is 85.9 Å². The van der Waals surface area contributed by atoms with Gasteiger partial charge in [0.05, 0.1) is 7.11 Å². The fourth-order valence-corrected chi connectivity index (χ4v) is 1.22. The summed E-state index contributed by atoms with van der Waals surface area (Å²) in [6, 6.07) is 1.51. The molecule has 1 aromatic rings. The van der Waals surface area contributed by atoms with E-state index >= 15 is 0 Å². The molecule has 0 N–H and O–H groups in total. The maximum absolute atomic E-state index is 11.2. The van der Waals surface area contributed by atoms with Crippen molar-refractivity contribution >= 4 is 23.9 Å². The zero-order valence-corrected chi connectivity index (χ0v) is 8.19. The second-order valence-corrected chi connectivity index (χ2v) is 2.94. The third kappa shape index (κ3) is 2.09. The first-order valence-electron chi connectivity index (χ1n) is 3.83. The number of ether oxygens (including phenoxy) is 1. The Hall–Kier alpha value is -1.42. The first kappa shape index (κ1) is 10.7. The molecule has 4 nitrogen and oxygen atoms in total. The Balaban J connectivity index is 3.07. The predicted molar refractivity (Wildman–Crippen MR) is 50.1 cm³/mol. The molecule has 0 saturated carbocycles. The number of carbonyl (C=O) groups is 2. The van der Waals surface area contributed by atoms with E-state index in [0.717, 1.165) is 0 Å². The average molecular weight is 214 g/mol. The number of rotatable bonds is 3. The zero-order valence-electron chi connectivity index (χ0n) is 7.44. The summed E-state index contributed by atoms with van der Waals surface area (Å²) in [5, 5.41) is 0.322.